The van der Waals surface area contributed by atoms with Crippen molar-refractivity contribution >= 4 is 11.3 Å². The maximum Gasteiger partial charge on any atom is 0.370 e. The summed E-state index contributed by atoms with van der Waals surface area (Å²) in [6, 6.07) is 3.74. The van der Waals surface area contributed by atoms with E-state index in [1.165, 1.54) is 20.7 Å². The van der Waals surface area contributed by atoms with E-state index in [4.69, 9.17) is 4.74 Å². The van der Waals surface area contributed by atoms with Crippen LogP contribution in [0.15, 0.2) is 22.3 Å². The predicted octanol–water partition coefficient (Wildman–Crippen LogP) is 0.559. The standard InChI is InChI=1S/C12H17N5O2S/c1-2-10-8-15(5-6-19-10)9-16-12(18)17(14-13-16)11-4-3-7-20-11/h3-4,7,10H,2,5-6,8-9H2,1H3. The van der Waals surface area contributed by atoms with Gasteiger partial charge >= 0.3 is 5.69 Å². The van der Waals surface area contributed by atoms with Gasteiger partial charge in [-0.2, -0.15) is 9.36 Å². The predicted molar refractivity (Wildman–Crippen MR) is 75.1 cm³/mol. The molecule has 0 saturated carbocycles. The molecule has 3 heterocycles. The SMILES string of the molecule is CCC1CN(Cn2nnn(-c3cccs3)c2=O)CCO1. The quantitative estimate of drug-likeness (QED) is 0.824. The van der Waals surface area contributed by atoms with Crippen LogP contribution in [0.3, 0.4) is 0 Å². The van der Waals surface area contributed by atoms with E-state index in [1.807, 2.05) is 17.5 Å². The molecule has 2 aromatic rings. The van der Waals surface area contributed by atoms with Crippen LogP contribution in [0.25, 0.3) is 5.00 Å². The Kier molecular flexibility index (Phi) is 3.95. The van der Waals surface area contributed by atoms with Gasteiger partial charge in [0.05, 0.1) is 12.7 Å². The zero-order chi connectivity index (χ0) is 13.9. The van der Waals surface area contributed by atoms with Gasteiger partial charge in [-0.05, 0) is 34.4 Å². The fourth-order valence-corrected chi connectivity index (χ4v) is 2.91. The highest BCUT2D eigenvalue weighted by Crippen LogP contribution is 2.11. The molecule has 0 aliphatic carbocycles. The lowest BCUT2D eigenvalue weighted by molar-refractivity contribution is -0.0416. The van der Waals surface area contributed by atoms with Gasteiger partial charge in [0, 0.05) is 13.1 Å². The number of tetrazole rings is 1. The van der Waals surface area contributed by atoms with Crippen LogP contribution in [0.4, 0.5) is 0 Å². The van der Waals surface area contributed by atoms with Crippen LogP contribution in [-0.2, 0) is 11.4 Å². The molecule has 0 aromatic carbocycles. The summed E-state index contributed by atoms with van der Waals surface area (Å²) in [4.78, 5) is 14.4. The summed E-state index contributed by atoms with van der Waals surface area (Å²) in [5, 5.41) is 10.6. The highest BCUT2D eigenvalue weighted by molar-refractivity contribution is 7.12. The molecule has 0 radical (unpaired) electrons. The van der Waals surface area contributed by atoms with E-state index in [9.17, 15) is 4.79 Å². The molecule has 1 saturated heterocycles. The molecule has 108 valence electrons. The molecule has 0 bridgehead atoms. The second-order valence-electron chi connectivity index (χ2n) is 4.74. The van der Waals surface area contributed by atoms with Crippen molar-refractivity contribution in [3.8, 4) is 5.00 Å². The van der Waals surface area contributed by atoms with Crippen LogP contribution in [0.1, 0.15) is 13.3 Å². The number of rotatable bonds is 4. The second kappa shape index (κ2) is 5.86. The van der Waals surface area contributed by atoms with E-state index in [-0.39, 0.29) is 11.8 Å². The van der Waals surface area contributed by atoms with Gasteiger partial charge < -0.3 is 4.74 Å². The highest BCUT2D eigenvalue weighted by atomic mass is 32.1. The van der Waals surface area contributed by atoms with Gasteiger partial charge in [0.1, 0.15) is 11.7 Å². The normalized spacial score (nSPS) is 20.4. The molecule has 0 amide bonds. The minimum atomic E-state index is -0.202. The number of hydrogen-bond donors (Lipinski definition) is 0. The summed E-state index contributed by atoms with van der Waals surface area (Å²) in [6.07, 6.45) is 1.22. The first-order chi connectivity index (χ1) is 9.78. The molecule has 1 atom stereocenters. The Bertz CT molecular complexity index is 606. The fraction of sp³-hybridized carbons (Fsp3) is 0.583. The number of nitrogens with zero attached hydrogens (tertiary/aromatic N) is 5. The molecule has 2 aromatic heterocycles. The van der Waals surface area contributed by atoms with Gasteiger partial charge in [0.2, 0.25) is 0 Å². The van der Waals surface area contributed by atoms with Gasteiger partial charge in [0.25, 0.3) is 0 Å². The molecular weight excluding hydrogens is 278 g/mol. The number of ether oxygens (including phenoxy) is 1. The fourth-order valence-electron chi connectivity index (χ4n) is 2.24. The first-order valence-corrected chi connectivity index (χ1v) is 7.56. The average Bonchev–Trinajstić information content (AvgIpc) is 3.10. The lowest BCUT2D eigenvalue weighted by Gasteiger charge is -2.31. The second-order valence-corrected chi connectivity index (χ2v) is 5.67. The molecule has 7 nitrogen and oxygen atoms in total. The van der Waals surface area contributed by atoms with Crippen molar-refractivity contribution in [2.45, 2.75) is 26.1 Å². The Morgan fingerprint density at radius 3 is 3.15 bits per heavy atom. The van der Waals surface area contributed by atoms with Gasteiger partial charge in [-0.1, -0.05) is 6.92 Å². The molecule has 1 unspecified atom stereocenters. The van der Waals surface area contributed by atoms with Gasteiger partial charge in [-0.25, -0.2) is 4.79 Å². The molecule has 1 aliphatic heterocycles. The van der Waals surface area contributed by atoms with Crippen LogP contribution in [-0.4, -0.2) is 50.5 Å². The van der Waals surface area contributed by atoms with Crippen molar-refractivity contribution in [2.24, 2.45) is 0 Å². The van der Waals surface area contributed by atoms with Crippen molar-refractivity contribution in [1.29, 1.82) is 0 Å². The van der Waals surface area contributed by atoms with E-state index in [0.29, 0.717) is 13.3 Å². The molecular formula is C12H17N5O2S. The van der Waals surface area contributed by atoms with Crippen LogP contribution in [0, 0.1) is 0 Å². The van der Waals surface area contributed by atoms with E-state index in [1.54, 1.807) is 0 Å². The lowest BCUT2D eigenvalue weighted by Crippen LogP contribution is -2.44. The van der Waals surface area contributed by atoms with E-state index in [0.717, 1.165) is 24.5 Å². The molecule has 8 heteroatoms. The third-order valence-electron chi connectivity index (χ3n) is 3.37. The van der Waals surface area contributed by atoms with Gasteiger partial charge in [-0.3, -0.25) is 4.90 Å². The summed E-state index contributed by atoms with van der Waals surface area (Å²) < 4.78 is 8.36. The van der Waals surface area contributed by atoms with Crippen LogP contribution in [0.2, 0.25) is 0 Å². The number of morpholine rings is 1. The minimum absolute atomic E-state index is 0.202. The maximum atomic E-state index is 12.2. The summed E-state index contributed by atoms with van der Waals surface area (Å²) in [5.74, 6) is 0. The van der Waals surface area contributed by atoms with Gasteiger partial charge in [-0.15, -0.1) is 11.3 Å². The van der Waals surface area contributed by atoms with Crippen molar-refractivity contribution in [3.05, 3.63) is 28.0 Å². The average molecular weight is 295 g/mol. The van der Waals surface area contributed by atoms with Crippen LogP contribution in [0.5, 0.6) is 0 Å². The summed E-state index contributed by atoms with van der Waals surface area (Å²) >= 11 is 1.47. The zero-order valence-corrected chi connectivity index (χ0v) is 12.1. The minimum Gasteiger partial charge on any atom is -0.376 e. The molecule has 0 spiro atoms. The largest absolute Gasteiger partial charge is 0.376 e. The third-order valence-corrected chi connectivity index (χ3v) is 4.21. The Balaban J connectivity index is 1.74. The molecule has 20 heavy (non-hydrogen) atoms. The van der Waals surface area contributed by atoms with E-state index < -0.39 is 0 Å². The number of thiophene rings is 1. The Morgan fingerprint density at radius 2 is 2.40 bits per heavy atom. The maximum absolute atomic E-state index is 12.2. The van der Waals surface area contributed by atoms with E-state index in [2.05, 4.69) is 22.3 Å². The topological polar surface area (TPSA) is 65.2 Å². The van der Waals surface area contributed by atoms with Crippen molar-refractivity contribution in [3.63, 3.8) is 0 Å². The van der Waals surface area contributed by atoms with E-state index >= 15 is 0 Å². The van der Waals surface area contributed by atoms with Crippen LogP contribution < -0.4 is 5.69 Å². The highest BCUT2D eigenvalue weighted by Gasteiger charge is 2.20. The molecule has 1 aliphatic rings. The molecule has 3 rings (SSSR count). The summed E-state index contributed by atoms with van der Waals surface area (Å²) in [5.41, 5.74) is -0.202. The smallest absolute Gasteiger partial charge is 0.370 e. The molecule has 1 fully saturated rings. The Labute approximate surface area is 120 Å². The monoisotopic (exact) mass is 295 g/mol. The van der Waals surface area contributed by atoms with Crippen molar-refractivity contribution in [2.75, 3.05) is 19.7 Å². The van der Waals surface area contributed by atoms with Gasteiger partial charge in [0.15, 0.2) is 0 Å². The summed E-state index contributed by atoms with van der Waals surface area (Å²) in [7, 11) is 0. The van der Waals surface area contributed by atoms with Crippen molar-refractivity contribution < 1.29 is 4.74 Å². The molecule has 0 N–H and O–H groups in total. The third kappa shape index (κ3) is 2.67. The first-order valence-electron chi connectivity index (χ1n) is 6.68. The Morgan fingerprint density at radius 1 is 1.50 bits per heavy atom. The number of aromatic nitrogens is 4. The first kappa shape index (κ1) is 13.5. The number of hydrogen-bond acceptors (Lipinski definition) is 6. The Hall–Kier alpha value is -1.51. The zero-order valence-electron chi connectivity index (χ0n) is 11.3. The van der Waals surface area contributed by atoms with Crippen molar-refractivity contribution in [1.82, 2.24) is 24.7 Å². The summed E-state index contributed by atoms with van der Waals surface area (Å²) in [6.45, 7) is 4.91. The van der Waals surface area contributed by atoms with Crippen LogP contribution >= 0.6 is 11.3 Å². The lowest BCUT2D eigenvalue weighted by atomic mass is 10.2.